The zero-order chi connectivity index (χ0) is 36.2. The van der Waals surface area contributed by atoms with E-state index in [9.17, 15) is 19.8 Å². The van der Waals surface area contributed by atoms with Crippen molar-refractivity contribution in [2.45, 2.75) is 52.4 Å². The first-order valence-corrected chi connectivity index (χ1v) is 19.1. The molecule has 6 aromatic rings. The van der Waals surface area contributed by atoms with Crippen LogP contribution in [0.3, 0.4) is 0 Å². The number of benzene rings is 4. The number of ether oxygens (including phenoxy) is 2. The quantitative estimate of drug-likeness (QED) is 0.117. The average molecular weight is 783 g/mol. The van der Waals surface area contributed by atoms with Crippen molar-refractivity contribution in [2.24, 2.45) is 9.98 Å². The first kappa shape index (κ1) is 38.0. The molecular formula is C42H38CrN2O6S2+2. The fourth-order valence-electron chi connectivity index (χ4n) is 6.88. The molecule has 0 atom stereocenters. The summed E-state index contributed by atoms with van der Waals surface area (Å²) in [6.45, 7) is 4.30. The van der Waals surface area contributed by atoms with Gasteiger partial charge in [-0.3, -0.25) is 0 Å². The van der Waals surface area contributed by atoms with E-state index in [1.165, 1.54) is 9.75 Å². The molecule has 0 unspecified atom stereocenters. The maximum atomic E-state index is 12.4. The number of fused-ring (bicyclic) bond motifs is 4. The van der Waals surface area contributed by atoms with E-state index in [0.717, 1.165) is 71.2 Å². The standard InChI is InChI=1S/2C21H19NO3S.Cr/c2*1-2-25-21(24)19-15-8-5-9-18(15)26-20(19)22-12-16-14-7-4-3-6-13(14)10-11-17(16)23;/h2*3-4,6-7,10-12,23H,2,5,8-9H2,1H3;/q;;+2. The third-order valence-corrected chi connectivity index (χ3v) is 11.7. The van der Waals surface area contributed by atoms with Gasteiger partial charge in [-0.05, 0) is 97.2 Å². The Morgan fingerprint density at radius 3 is 1.47 bits per heavy atom. The van der Waals surface area contributed by atoms with Crippen LogP contribution in [0.1, 0.15) is 79.4 Å². The molecule has 0 fully saturated rings. The number of aryl methyl sites for hydroxylation is 2. The van der Waals surface area contributed by atoms with Crippen LogP contribution in [0.15, 0.2) is 82.8 Å². The normalized spacial score (nSPS) is 13.2. The third-order valence-electron chi connectivity index (χ3n) is 9.28. The Morgan fingerprint density at radius 1 is 0.642 bits per heavy atom. The van der Waals surface area contributed by atoms with E-state index in [2.05, 4.69) is 9.98 Å². The number of carbonyl (C=O) groups is 2. The molecule has 53 heavy (non-hydrogen) atoms. The van der Waals surface area contributed by atoms with Gasteiger partial charge in [0.1, 0.15) is 21.5 Å². The number of aromatic hydroxyl groups is 2. The van der Waals surface area contributed by atoms with Crippen molar-refractivity contribution >= 4 is 78.6 Å². The Morgan fingerprint density at radius 2 is 1.06 bits per heavy atom. The van der Waals surface area contributed by atoms with Crippen LogP contribution >= 0.6 is 22.7 Å². The van der Waals surface area contributed by atoms with Crippen LogP contribution in [0.4, 0.5) is 10.0 Å². The van der Waals surface area contributed by atoms with E-state index in [4.69, 9.17) is 9.47 Å². The van der Waals surface area contributed by atoms with Crippen molar-refractivity contribution in [3.63, 3.8) is 0 Å². The van der Waals surface area contributed by atoms with Crippen LogP contribution in [0.25, 0.3) is 21.5 Å². The number of rotatable bonds is 8. The van der Waals surface area contributed by atoms with Crippen LogP contribution in [-0.4, -0.2) is 47.8 Å². The summed E-state index contributed by atoms with van der Waals surface area (Å²) in [7, 11) is 0. The molecule has 0 saturated carbocycles. The van der Waals surface area contributed by atoms with Crippen molar-refractivity contribution in [3.8, 4) is 11.5 Å². The fourth-order valence-corrected chi connectivity index (χ4v) is 9.32. The summed E-state index contributed by atoms with van der Waals surface area (Å²) in [4.78, 5) is 36.5. The summed E-state index contributed by atoms with van der Waals surface area (Å²) in [5, 5.41) is 25.8. The van der Waals surface area contributed by atoms with Gasteiger partial charge < -0.3 is 19.7 Å². The zero-order valence-corrected chi connectivity index (χ0v) is 32.3. The second-order valence-electron chi connectivity index (χ2n) is 12.5. The van der Waals surface area contributed by atoms with Gasteiger partial charge in [-0.2, -0.15) is 0 Å². The number of phenols is 2. The van der Waals surface area contributed by atoms with Gasteiger partial charge in [-0.15, -0.1) is 22.7 Å². The molecule has 268 valence electrons. The number of esters is 2. The van der Waals surface area contributed by atoms with E-state index < -0.39 is 0 Å². The SMILES string of the molecule is CCOC(=O)c1c(N=Cc2c(O)ccc3ccccc23)sc2c1CCC2.CCOC(=O)c1c(N=Cc2c(O)ccc3ccccc23)sc2c1CCC2.[Cr+2]. The van der Waals surface area contributed by atoms with Gasteiger partial charge in [-0.1, -0.05) is 60.7 Å². The van der Waals surface area contributed by atoms with Gasteiger partial charge in [0.05, 0.1) is 24.3 Å². The molecule has 0 radical (unpaired) electrons. The van der Waals surface area contributed by atoms with Crippen LogP contribution in [0.2, 0.25) is 0 Å². The number of hydrogen-bond donors (Lipinski definition) is 2. The van der Waals surface area contributed by atoms with Crippen molar-refractivity contribution < 1.29 is 46.6 Å². The molecule has 0 aliphatic heterocycles. The molecule has 0 saturated heterocycles. The van der Waals surface area contributed by atoms with E-state index in [-0.39, 0.29) is 40.8 Å². The summed E-state index contributed by atoms with van der Waals surface area (Å²) in [6.07, 6.45) is 9.22. The molecule has 11 heteroatoms. The minimum atomic E-state index is -0.304. The smallest absolute Gasteiger partial charge is 0.507 e. The second kappa shape index (κ2) is 16.9. The maximum absolute atomic E-state index is 12.4. The fraction of sp³-hybridized carbons (Fsp3) is 0.238. The molecule has 2 aliphatic rings. The van der Waals surface area contributed by atoms with Crippen LogP contribution in [0, 0.1) is 0 Å². The van der Waals surface area contributed by atoms with Gasteiger partial charge in [0.2, 0.25) is 0 Å². The Balaban J connectivity index is 0.000000178. The maximum Gasteiger partial charge on any atom is 2.00 e. The van der Waals surface area contributed by atoms with Crippen molar-refractivity contribution in [1.29, 1.82) is 0 Å². The van der Waals surface area contributed by atoms with Gasteiger partial charge in [0.25, 0.3) is 0 Å². The summed E-state index contributed by atoms with van der Waals surface area (Å²) >= 11 is 3.11. The monoisotopic (exact) mass is 782 g/mol. The van der Waals surface area contributed by atoms with E-state index in [1.807, 2.05) is 74.5 Å². The van der Waals surface area contributed by atoms with Gasteiger partial charge >= 0.3 is 29.3 Å². The number of nitrogens with zero attached hydrogens (tertiary/aromatic N) is 2. The summed E-state index contributed by atoms with van der Waals surface area (Å²) in [6, 6.07) is 22.8. The number of thiophene rings is 2. The topological polar surface area (TPSA) is 118 Å². The Labute approximate surface area is 326 Å². The second-order valence-corrected chi connectivity index (χ2v) is 14.6. The van der Waals surface area contributed by atoms with Crippen molar-refractivity contribution in [3.05, 3.63) is 116 Å². The van der Waals surface area contributed by atoms with Gasteiger partial charge in [-0.25, -0.2) is 19.6 Å². The van der Waals surface area contributed by atoms with Crippen LogP contribution in [-0.2, 0) is 52.5 Å². The van der Waals surface area contributed by atoms with Gasteiger partial charge in [0.15, 0.2) is 0 Å². The number of phenolic OH excluding ortho intramolecular Hbond substituents is 2. The van der Waals surface area contributed by atoms with Crippen LogP contribution < -0.4 is 0 Å². The number of hydrogen-bond acceptors (Lipinski definition) is 10. The summed E-state index contributed by atoms with van der Waals surface area (Å²) < 4.78 is 10.5. The minimum Gasteiger partial charge on any atom is -0.507 e. The first-order chi connectivity index (χ1) is 25.4. The minimum absolute atomic E-state index is 0. The molecule has 0 bridgehead atoms. The van der Waals surface area contributed by atoms with Crippen molar-refractivity contribution in [2.75, 3.05) is 13.2 Å². The molecule has 2 aliphatic carbocycles. The third kappa shape index (κ3) is 7.80. The average Bonchev–Trinajstić information content (AvgIpc) is 3.93. The van der Waals surface area contributed by atoms with E-state index in [1.54, 1.807) is 47.2 Å². The molecule has 2 heterocycles. The molecule has 0 spiro atoms. The molecule has 2 N–H and O–H groups in total. The summed E-state index contributed by atoms with van der Waals surface area (Å²) in [5.74, 6) is -0.258. The predicted molar refractivity (Wildman–Crippen MR) is 210 cm³/mol. The number of carbonyl (C=O) groups excluding carboxylic acids is 2. The molecule has 4 aromatic carbocycles. The number of aliphatic imine (C=N–C) groups is 2. The zero-order valence-electron chi connectivity index (χ0n) is 29.4. The Bertz CT molecular complexity index is 2210. The first-order valence-electron chi connectivity index (χ1n) is 17.5. The van der Waals surface area contributed by atoms with Crippen molar-refractivity contribution in [1.82, 2.24) is 0 Å². The molecular weight excluding hydrogens is 745 g/mol. The predicted octanol–water partition coefficient (Wildman–Crippen LogP) is 10.0. The molecule has 0 amide bonds. The van der Waals surface area contributed by atoms with E-state index in [0.29, 0.717) is 45.5 Å². The van der Waals surface area contributed by atoms with E-state index >= 15 is 0 Å². The van der Waals surface area contributed by atoms with Gasteiger partial charge in [0, 0.05) is 33.3 Å². The summed E-state index contributed by atoms with van der Waals surface area (Å²) in [5.41, 5.74) is 4.68. The molecule has 2 aromatic heterocycles. The Kier molecular flexibility index (Phi) is 12.1. The van der Waals surface area contributed by atoms with Crippen LogP contribution in [0.5, 0.6) is 11.5 Å². The largest absolute Gasteiger partial charge is 2.00 e. The molecule has 8 nitrogen and oxygen atoms in total. The Hall–Kier alpha value is -4.79. The molecule has 8 rings (SSSR count).